The lowest BCUT2D eigenvalue weighted by Crippen LogP contribution is -2.17. The summed E-state index contributed by atoms with van der Waals surface area (Å²) in [5, 5.41) is 4.13. The Morgan fingerprint density at radius 2 is 1.71 bits per heavy atom. The lowest BCUT2D eigenvalue weighted by Gasteiger charge is -2.14. The monoisotopic (exact) mass is 671 g/mol. The summed E-state index contributed by atoms with van der Waals surface area (Å²) in [5.41, 5.74) is 7.36. The van der Waals surface area contributed by atoms with Crippen molar-refractivity contribution < 1.29 is 32.9 Å². The Bertz CT molecular complexity index is 1840. The first-order valence-electron chi connectivity index (χ1n) is 14.1. The number of nitrogens with zero attached hydrogens (tertiary/aromatic N) is 2. The van der Waals surface area contributed by atoms with Crippen LogP contribution in [0, 0.1) is 13.8 Å². The molecule has 0 saturated heterocycles. The van der Waals surface area contributed by atoms with E-state index in [1.165, 1.54) is 6.21 Å². The van der Waals surface area contributed by atoms with Gasteiger partial charge in [0.05, 0.1) is 13.3 Å². The zero-order chi connectivity index (χ0) is 31.3. The molecule has 1 aliphatic rings. The van der Waals surface area contributed by atoms with Crippen molar-refractivity contribution in [1.82, 2.24) is 9.99 Å². The second-order valence-corrected chi connectivity index (χ2v) is 11.1. The van der Waals surface area contributed by atoms with Crippen molar-refractivity contribution in [1.29, 1.82) is 0 Å². The summed E-state index contributed by atoms with van der Waals surface area (Å²) in [6.07, 6.45) is 1.48. The van der Waals surface area contributed by atoms with Gasteiger partial charge in [0.25, 0.3) is 0 Å². The quantitative estimate of drug-likeness (QED) is 0.118. The maximum atomic E-state index is 12.8. The molecule has 45 heavy (non-hydrogen) atoms. The molecule has 3 heterocycles. The van der Waals surface area contributed by atoms with E-state index in [1.54, 1.807) is 25.3 Å². The minimum Gasteiger partial charge on any atom is -0.493 e. The lowest BCUT2D eigenvalue weighted by molar-refractivity contribution is 0.0923. The first-order valence-corrected chi connectivity index (χ1v) is 14.9. The number of halogens is 1. The van der Waals surface area contributed by atoms with E-state index in [0.29, 0.717) is 40.1 Å². The highest BCUT2D eigenvalue weighted by Gasteiger charge is 2.16. The highest BCUT2D eigenvalue weighted by molar-refractivity contribution is 9.10. The maximum absolute atomic E-state index is 12.8. The molecular formula is C34H30BrN3O7. The van der Waals surface area contributed by atoms with Gasteiger partial charge in [0, 0.05) is 27.1 Å². The van der Waals surface area contributed by atoms with E-state index in [1.807, 2.05) is 48.5 Å². The molecule has 230 valence electrons. The molecule has 11 heteroatoms. The first-order chi connectivity index (χ1) is 21.9. The van der Waals surface area contributed by atoms with E-state index in [0.717, 1.165) is 27.1 Å². The highest BCUT2D eigenvalue weighted by atomic mass is 79.9. The van der Waals surface area contributed by atoms with Crippen molar-refractivity contribution in [2.45, 2.75) is 27.1 Å². The molecule has 0 atom stereocenters. The maximum Gasteiger partial charge on any atom is 0.307 e. The Hall–Kier alpha value is -5.16. The van der Waals surface area contributed by atoms with Crippen LogP contribution in [0.25, 0.3) is 5.69 Å². The molecule has 0 unspecified atom stereocenters. The zero-order valence-electron chi connectivity index (χ0n) is 24.8. The largest absolute Gasteiger partial charge is 0.493 e. The fourth-order valence-electron chi connectivity index (χ4n) is 4.89. The number of benzene rings is 3. The number of nitrogens with one attached hydrogen (secondary N) is 1. The molecular weight excluding hydrogens is 642 g/mol. The van der Waals surface area contributed by atoms with Gasteiger partial charge in [0.1, 0.15) is 24.7 Å². The standard InChI is InChI=1S/C34H30BrN3O7/c1-21-4-5-22(2)38(21)26-7-9-27(10-8-26)41-19-28-11-13-30(45-28)34(39)37-36-17-24-15-25(35)16-32(40-3)33(24)42-18-23-6-12-29-31(14-23)44-20-43-29/h4-17H,18-20H2,1-3H3,(H,37,39). The molecule has 0 spiro atoms. The SMILES string of the molecule is COc1cc(Br)cc(C=NNC(=O)c2ccc(COc3ccc(-n4c(C)ccc4C)cc3)o2)c1OCc1ccc2c(c1)OCO2. The summed E-state index contributed by atoms with van der Waals surface area (Å²) < 4.78 is 37.0. The van der Waals surface area contributed by atoms with E-state index in [-0.39, 0.29) is 25.8 Å². The summed E-state index contributed by atoms with van der Waals surface area (Å²) >= 11 is 3.48. The minimum atomic E-state index is -0.510. The third kappa shape index (κ3) is 6.83. The van der Waals surface area contributed by atoms with Crippen LogP contribution in [0.4, 0.5) is 0 Å². The number of aryl methyl sites for hydroxylation is 2. The summed E-state index contributed by atoms with van der Waals surface area (Å²) in [7, 11) is 1.55. The lowest BCUT2D eigenvalue weighted by atomic mass is 10.2. The van der Waals surface area contributed by atoms with Gasteiger partial charge in [-0.1, -0.05) is 22.0 Å². The van der Waals surface area contributed by atoms with Gasteiger partial charge in [0.15, 0.2) is 28.8 Å². The van der Waals surface area contributed by atoms with Gasteiger partial charge in [-0.15, -0.1) is 0 Å². The molecule has 3 aromatic carbocycles. The molecule has 0 fully saturated rings. The molecule has 0 saturated carbocycles. The van der Waals surface area contributed by atoms with E-state index in [4.69, 9.17) is 28.1 Å². The van der Waals surface area contributed by atoms with E-state index in [2.05, 4.69) is 57.0 Å². The van der Waals surface area contributed by atoms with Crippen LogP contribution in [-0.4, -0.2) is 30.6 Å². The minimum absolute atomic E-state index is 0.103. The van der Waals surface area contributed by atoms with Gasteiger partial charge >= 0.3 is 5.91 Å². The highest BCUT2D eigenvalue weighted by Crippen LogP contribution is 2.36. The summed E-state index contributed by atoms with van der Waals surface area (Å²) in [6, 6.07) is 24.5. The normalized spacial score (nSPS) is 12.0. The number of hydrazone groups is 1. The van der Waals surface area contributed by atoms with Crippen LogP contribution >= 0.6 is 15.9 Å². The van der Waals surface area contributed by atoms with Gasteiger partial charge < -0.3 is 32.7 Å². The van der Waals surface area contributed by atoms with Gasteiger partial charge in [0.2, 0.25) is 6.79 Å². The number of hydrogen-bond donors (Lipinski definition) is 1. The predicted molar refractivity (Wildman–Crippen MR) is 171 cm³/mol. The third-order valence-electron chi connectivity index (χ3n) is 7.09. The number of aromatic nitrogens is 1. The number of carbonyl (C=O) groups excluding carboxylic acids is 1. The summed E-state index contributed by atoms with van der Waals surface area (Å²) in [5.74, 6) is 3.11. The smallest absolute Gasteiger partial charge is 0.307 e. The van der Waals surface area contributed by atoms with E-state index >= 15 is 0 Å². The van der Waals surface area contributed by atoms with Crippen LogP contribution in [-0.2, 0) is 13.2 Å². The van der Waals surface area contributed by atoms with Crippen LogP contribution < -0.4 is 29.1 Å². The Morgan fingerprint density at radius 1 is 0.933 bits per heavy atom. The average Bonchev–Trinajstić information content (AvgIpc) is 3.79. The predicted octanol–water partition coefficient (Wildman–Crippen LogP) is 7.11. The molecule has 6 rings (SSSR count). The number of methoxy groups -OCH3 is 1. The molecule has 10 nitrogen and oxygen atoms in total. The number of furan rings is 1. The van der Waals surface area contributed by atoms with Gasteiger partial charge in [-0.3, -0.25) is 4.79 Å². The molecule has 0 bridgehead atoms. The average molecular weight is 673 g/mol. The molecule has 5 aromatic rings. The van der Waals surface area contributed by atoms with E-state index in [9.17, 15) is 4.79 Å². The number of fused-ring (bicyclic) bond motifs is 1. The van der Waals surface area contributed by atoms with Crippen molar-refractivity contribution in [2.24, 2.45) is 5.10 Å². The Kier molecular flexibility index (Phi) is 8.79. The first kappa shape index (κ1) is 29.9. The van der Waals surface area contributed by atoms with Crippen molar-refractivity contribution in [3.63, 3.8) is 0 Å². The number of hydrogen-bond acceptors (Lipinski definition) is 8. The number of rotatable bonds is 11. The number of amides is 1. The van der Waals surface area contributed by atoms with Crippen LogP contribution in [0.2, 0.25) is 0 Å². The fourth-order valence-corrected chi connectivity index (χ4v) is 5.35. The molecule has 1 N–H and O–H groups in total. The Labute approximate surface area is 268 Å². The van der Waals surface area contributed by atoms with Crippen molar-refractivity contribution in [2.75, 3.05) is 13.9 Å². The van der Waals surface area contributed by atoms with Crippen LogP contribution in [0.3, 0.4) is 0 Å². The van der Waals surface area contributed by atoms with E-state index < -0.39 is 5.91 Å². The van der Waals surface area contributed by atoms with Crippen LogP contribution in [0.15, 0.2) is 92.9 Å². The summed E-state index contributed by atoms with van der Waals surface area (Å²) in [6.45, 7) is 4.75. The second kappa shape index (κ2) is 13.2. The fraction of sp³-hybridized carbons (Fsp3) is 0.176. The van der Waals surface area contributed by atoms with Crippen molar-refractivity contribution in [3.05, 3.63) is 117 Å². The number of carbonyl (C=O) groups is 1. The second-order valence-electron chi connectivity index (χ2n) is 10.2. The van der Waals surface area contributed by atoms with Gasteiger partial charge in [-0.25, -0.2) is 5.43 Å². The molecule has 2 aromatic heterocycles. The Balaban J connectivity index is 1.06. The molecule has 1 amide bonds. The number of ether oxygens (including phenoxy) is 5. The van der Waals surface area contributed by atoms with Crippen LogP contribution in [0.5, 0.6) is 28.7 Å². The molecule has 1 aliphatic heterocycles. The topological polar surface area (TPSA) is 106 Å². The van der Waals surface area contributed by atoms with Gasteiger partial charge in [-0.2, -0.15) is 5.10 Å². The van der Waals surface area contributed by atoms with Crippen molar-refractivity contribution in [3.8, 4) is 34.4 Å². The Morgan fingerprint density at radius 3 is 2.49 bits per heavy atom. The molecule has 0 aliphatic carbocycles. The molecule has 0 radical (unpaired) electrons. The zero-order valence-corrected chi connectivity index (χ0v) is 26.4. The third-order valence-corrected chi connectivity index (χ3v) is 7.55. The summed E-state index contributed by atoms with van der Waals surface area (Å²) in [4.78, 5) is 12.8. The van der Waals surface area contributed by atoms with Gasteiger partial charge in [-0.05, 0) is 92.2 Å². The van der Waals surface area contributed by atoms with Crippen molar-refractivity contribution >= 4 is 28.1 Å². The van der Waals surface area contributed by atoms with Crippen LogP contribution in [0.1, 0.15) is 38.8 Å².